The first-order valence-electron chi connectivity index (χ1n) is 6.02. The Kier molecular flexibility index (Phi) is 3.97. The topological polar surface area (TPSA) is 85.4 Å². The summed E-state index contributed by atoms with van der Waals surface area (Å²) in [5, 5.41) is 10.6. The predicted octanol–water partition coefficient (Wildman–Crippen LogP) is 2.11. The highest BCUT2D eigenvalue weighted by Crippen LogP contribution is 2.27. The molecule has 0 aliphatic carbocycles. The molecule has 0 aliphatic heterocycles. The number of ether oxygens (including phenoxy) is 1. The molecule has 0 fully saturated rings. The first kappa shape index (κ1) is 13.3. The van der Waals surface area contributed by atoms with Crippen molar-refractivity contribution in [2.24, 2.45) is 5.73 Å². The zero-order valence-electron chi connectivity index (χ0n) is 10.7. The quantitative estimate of drug-likeness (QED) is 0.860. The van der Waals surface area contributed by atoms with Gasteiger partial charge in [-0.25, -0.2) is 4.98 Å². The fourth-order valence-corrected chi connectivity index (χ4v) is 2.00. The van der Waals surface area contributed by atoms with Crippen molar-refractivity contribution in [3.63, 3.8) is 0 Å². The Morgan fingerprint density at radius 2 is 2.26 bits per heavy atom. The number of carbonyl (C=O) groups is 1. The Morgan fingerprint density at radius 3 is 2.95 bits per heavy atom. The Bertz CT molecular complexity index is 598. The Balaban J connectivity index is 2.32. The van der Waals surface area contributed by atoms with Gasteiger partial charge < -0.3 is 15.6 Å². The molecule has 1 aromatic heterocycles. The van der Waals surface area contributed by atoms with E-state index in [4.69, 9.17) is 15.6 Å². The van der Waals surface area contributed by atoms with Crippen molar-refractivity contribution in [2.75, 3.05) is 7.11 Å². The fourth-order valence-electron chi connectivity index (χ4n) is 2.00. The minimum atomic E-state index is -0.838. The third-order valence-electron chi connectivity index (χ3n) is 3.04. The molecule has 5 nitrogen and oxygen atoms in total. The van der Waals surface area contributed by atoms with Crippen LogP contribution in [0.15, 0.2) is 30.5 Å². The summed E-state index contributed by atoms with van der Waals surface area (Å²) in [6, 6.07) is 7.35. The minimum Gasteiger partial charge on any atom is -0.481 e. The van der Waals surface area contributed by atoms with Gasteiger partial charge >= 0.3 is 5.97 Å². The summed E-state index contributed by atoms with van der Waals surface area (Å²) >= 11 is 0. The molecule has 1 unspecified atom stereocenters. The van der Waals surface area contributed by atoms with E-state index in [9.17, 15) is 4.79 Å². The van der Waals surface area contributed by atoms with Crippen LogP contribution in [0.4, 0.5) is 0 Å². The van der Waals surface area contributed by atoms with Crippen LogP contribution in [0.3, 0.4) is 0 Å². The Labute approximate surface area is 111 Å². The molecule has 0 saturated heterocycles. The summed E-state index contributed by atoms with van der Waals surface area (Å²) in [4.78, 5) is 14.7. The van der Waals surface area contributed by atoms with E-state index in [1.165, 1.54) is 0 Å². The van der Waals surface area contributed by atoms with Crippen LogP contribution in [-0.4, -0.2) is 23.2 Å². The molecule has 0 saturated carbocycles. The van der Waals surface area contributed by atoms with Crippen molar-refractivity contribution < 1.29 is 14.6 Å². The number of hydrogen-bond acceptors (Lipinski definition) is 4. The Morgan fingerprint density at radius 1 is 1.47 bits per heavy atom. The lowest BCUT2D eigenvalue weighted by Crippen LogP contribution is -2.12. The molecule has 0 bridgehead atoms. The molecule has 0 amide bonds. The predicted molar refractivity (Wildman–Crippen MR) is 72.1 cm³/mol. The van der Waals surface area contributed by atoms with Crippen LogP contribution < -0.4 is 10.5 Å². The number of carboxylic acid groups (broad SMARTS) is 1. The van der Waals surface area contributed by atoms with Crippen LogP contribution in [0.25, 0.3) is 10.8 Å². The van der Waals surface area contributed by atoms with Crippen LogP contribution in [0.1, 0.15) is 24.4 Å². The summed E-state index contributed by atoms with van der Waals surface area (Å²) in [5.74, 6) is -0.291. The monoisotopic (exact) mass is 260 g/mol. The number of aliphatic carboxylic acids is 1. The van der Waals surface area contributed by atoms with Crippen LogP contribution in [0.2, 0.25) is 0 Å². The van der Waals surface area contributed by atoms with Gasteiger partial charge in [-0.2, -0.15) is 0 Å². The van der Waals surface area contributed by atoms with Crippen LogP contribution in [0.5, 0.6) is 5.88 Å². The molecule has 2 aromatic rings. The van der Waals surface area contributed by atoms with E-state index in [0.717, 1.165) is 16.3 Å². The number of nitrogens with zero attached hydrogens (tertiary/aromatic N) is 1. The molecular weight excluding hydrogens is 244 g/mol. The highest BCUT2D eigenvalue weighted by molar-refractivity contribution is 5.87. The molecule has 5 heteroatoms. The summed E-state index contributed by atoms with van der Waals surface area (Å²) in [6.07, 6.45) is 2.15. The number of aromatic nitrogens is 1. The van der Waals surface area contributed by atoms with E-state index in [0.29, 0.717) is 12.3 Å². The lowest BCUT2D eigenvalue weighted by Gasteiger charge is -2.12. The second kappa shape index (κ2) is 5.67. The van der Waals surface area contributed by atoms with Gasteiger partial charge in [-0.3, -0.25) is 4.79 Å². The lowest BCUT2D eigenvalue weighted by molar-refractivity contribution is -0.137. The van der Waals surface area contributed by atoms with Crippen molar-refractivity contribution >= 4 is 16.7 Å². The first-order chi connectivity index (χ1) is 9.11. The summed E-state index contributed by atoms with van der Waals surface area (Å²) < 4.78 is 5.21. The Hall–Kier alpha value is -2.14. The third kappa shape index (κ3) is 3.00. The molecule has 1 atom stereocenters. The summed E-state index contributed by atoms with van der Waals surface area (Å²) in [6.45, 7) is 0. The number of hydrogen-bond donors (Lipinski definition) is 2. The normalized spacial score (nSPS) is 12.3. The van der Waals surface area contributed by atoms with Crippen LogP contribution in [0, 0.1) is 0 Å². The molecule has 1 aromatic carbocycles. The second-order valence-electron chi connectivity index (χ2n) is 4.34. The van der Waals surface area contributed by atoms with Gasteiger partial charge in [0.05, 0.1) is 7.11 Å². The molecule has 0 spiro atoms. The third-order valence-corrected chi connectivity index (χ3v) is 3.04. The largest absolute Gasteiger partial charge is 0.481 e. The lowest BCUT2D eigenvalue weighted by atomic mass is 10.00. The number of carboxylic acids is 1. The highest BCUT2D eigenvalue weighted by Gasteiger charge is 2.11. The molecule has 0 radical (unpaired) electrons. The standard InChI is InChI=1S/C14H16N2O3/c1-19-14-11-8-10(12(15)4-5-13(17)18)3-2-9(11)6-7-16-14/h2-3,6-8,12H,4-5,15H2,1H3,(H,17,18). The average molecular weight is 260 g/mol. The van der Waals surface area contributed by atoms with Crippen molar-refractivity contribution in [3.05, 3.63) is 36.0 Å². The van der Waals surface area contributed by atoms with Crippen molar-refractivity contribution in [3.8, 4) is 5.88 Å². The van der Waals surface area contributed by atoms with E-state index in [2.05, 4.69) is 4.98 Å². The highest BCUT2D eigenvalue weighted by atomic mass is 16.5. The van der Waals surface area contributed by atoms with Crippen LogP contribution >= 0.6 is 0 Å². The zero-order valence-corrected chi connectivity index (χ0v) is 10.7. The molecule has 0 aliphatic rings. The zero-order chi connectivity index (χ0) is 13.8. The number of methoxy groups -OCH3 is 1. The maximum Gasteiger partial charge on any atom is 0.303 e. The molecule has 3 N–H and O–H groups in total. The van der Waals surface area contributed by atoms with Crippen molar-refractivity contribution in [2.45, 2.75) is 18.9 Å². The smallest absolute Gasteiger partial charge is 0.303 e. The maximum atomic E-state index is 10.6. The number of pyridine rings is 1. The van der Waals surface area contributed by atoms with E-state index in [-0.39, 0.29) is 12.5 Å². The first-order valence-corrected chi connectivity index (χ1v) is 6.02. The van der Waals surface area contributed by atoms with Gasteiger partial charge in [-0.05, 0) is 29.5 Å². The molecule has 19 heavy (non-hydrogen) atoms. The van der Waals surface area contributed by atoms with Gasteiger partial charge in [-0.1, -0.05) is 12.1 Å². The molecule has 2 rings (SSSR count). The van der Waals surface area contributed by atoms with E-state index < -0.39 is 5.97 Å². The summed E-state index contributed by atoms with van der Waals surface area (Å²) in [5.41, 5.74) is 6.89. The fraction of sp³-hybridized carbons (Fsp3) is 0.286. The van der Waals surface area contributed by atoms with E-state index in [1.54, 1.807) is 13.3 Å². The van der Waals surface area contributed by atoms with Gasteiger partial charge in [0.15, 0.2) is 0 Å². The number of nitrogens with two attached hydrogens (primary N) is 1. The van der Waals surface area contributed by atoms with E-state index in [1.807, 2.05) is 24.3 Å². The summed E-state index contributed by atoms with van der Waals surface area (Å²) in [7, 11) is 1.57. The molecule has 100 valence electrons. The van der Waals surface area contributed by atoms with Gasteiger partial charge in [-0.15, -0.1) is 0 Å². The van der Waals surface area contributed by atoms with Gasteiger partial charge in [0, 0.05) is 24.0 Å². The van der Waals surface area contributed by atoms with Crippen LogP contribution in [-0.2, 0) is 4.79 Å². The van der Waals surface area contributed by atoms with Gasteiger partial charge in [0.1, 0.15) is 0 Å². The van der Waals surface area contributed by atoms with Crippen molar-refractivity contribution in [1.82, 2.24) is 4.98 Å². The maximum absolute atomic E-state index is 10.6. The molecule has 1 heterocycles. The SMILES string of the molecule is COc1nccc2ccc(C(N)CCC(=O)O)cc12. The van der Waals surface area contributed by atoms with Gasteiger partial charge in [0.2, 0.25) is 5.88 Å². The number of fused-ring (bicyclic) bond motifs is 1. The number of rotatable bonds is 5. The van der Waals surface area contributed by atoms with Gasteiger partial charge in [0.25, 0.3) is 0 Å². The average Bonchev–Trinajstić information content (AvgIpc) is 2.43. The number of benzene rings is 1. The van der Waals surface area contributed by atoms with E-state index >= 15 is 0 Å². The van der Waals surface area contributed by atoms with Crippen molar-refractivity contribution in [1.29, 1.82) is 0 Å². The second-order valence-corrected chi connectivity index (χ2v) is 4.34. The molecular formula is C14H16N2O3. The minimum absolute atomic E-state index is 0.0589.